The van der Waals surface area contributed by atoms with Gasteiger partial charge < -0.3 is 9.32 Å². The zero-order valence-electron chi connectivity index (χ0n) is 31.9. The van der Waals surface area contributed by atoms with E-state index in [2.05, 4.69) is 219 Å². The third-order valence-electron chi connectivity index (χ3n) is 12.0. The Labute approximate surface area is 332 Å². The SMILES string of the molecule is CC1(C)c2ccccc2-c2c(N(c3ccc(-c4cccc5c4oc4c6ccccc6ccc54)cc3)c3cc(-c4ccccc4)cc(-c4ccccc4)c3)cccc21. The highest BCUT2D eigenvalue weighted by molar-refractivity contribution is 6.17. The zero-order chi connectivity index (χ0) is 38.1. The molecule has 0 atom stereocenters. The molecule has 2 nitrogen and oxygen atoms in total. The van der Waals surface area contributed by atoms with Crippen LogP contribution in [-0.2, 0) is 5.41 Å². The zero-order valence-corrected chi connectivity index (χ0v) is 31.9. The van der Waals surface area contributed by atoms with E-state index in [1.54, 1.807) is 0 Å². The summed E-state index contributed by atoms with van der Waals surface area (Å²) in [5, 5.41) is 4.59. The molecule has 0 N–H and O–H groups in total. The first-order chi connectivity index (χ1) is 28.0. The van der Waals surface area contributed by atoms with Gasteiger partial charge in [0.2, 0.25) is 0 Å². The van der Waals surface area contributed by atoms with Crippen LogP contribution in [0.15, 0.2) is 205 Å². The third kappa shape index (κ3) is 5.33. The van der Waals surface area contributed by atoms with Gasteiger partial charge in [0.15, 0.2) is 0 Å². The van der Waals surface area contributed by atoms with Crippen LogP contribution in [-0.4, -0.2) is 0 Å². The number of fused-ring (bicyclic) bond motifs is 8. The Bertz CT molecular complexity index is 3080. The van der Waals surface area contributed by atoms with Crippen LogP contribution in [0.1, 0.15) is 25.0 Å². The minimum absolute atomic E-state index is 0.130. The normalized spacial score (nSPS) is 12.9. The second-order valence-corrected chi connectivity index (χ2v) is 15.7. The lowest BCUT2D eigenvalue weighted by Gasteiger charge is -2.30. The molecule has 1 aliphatic carbocycles. The second kappa shape index (κ2) is 13.0. The number of rotatable bonds is 6. The van der Waals surface area contributed by atoms with Gasteiger partial charge in [-0.2, -0.15) is 0 Å². The monoisotopic (exact) mass is 729 g/mol. The Morgan fingerprint density at radius 1 is 0.386 bits per heavy atom. The van der Waals surface area contributed by atoms with Gasteiger partial charge in [0.1, 0.15) is 11.2 Å². The van der Waals surface area contributed by atoms with E-state index >= 15 is 0 Å². The number of hydrogen-bond donors (Lipinski definition) is 0. The molecule has 270 valence electrons. The summed E-state index contributed by atoms with van der Waals surface area (Å²) in [5.41, 5.74) is 17.3. The molecule has 10 aromatic rings. The average molecular weight is 730 g/mol. The fourth-order valence-corrected chi connectivity index (χ4v) is 9.23. The Morgan fingerprint density at radius 3 is 1.74 bits per heavy atom. The van der Waals surface area contributed by atoms with Crippen molar-refractivity contribution in [1.82, 2.24) is 0 Å². The molecule has 0 saturated heterocycles. The van der Waals surface area contributed by atoms with E-state index in [-0.39, 0.29) is 5.41 Å². The highest BCUT2D eigenvalue weighted by Gasteiger charge is 2.37. The maximum atomic E-state index is 6.77. The smallest absolute Gasteiger partial charge is 0.143 e. The molecule has 1 aliphatic rings. The van der Waals surface area contributed by atoms with Gasteiger partial charge >= 0.3 is 0 Å². The Balaban J connectivity index is 1.13. The molecule has 1 aromatic heterocycles. The number of para-hydroxylation sites is 1. The van der Waals surface area contributed by atoms with Gasteiger partial charge in [0, 0.05) is 44.1 Å². The fraction of sp³-hybridized carbons (Fsp3) is 0.0545. The molecule has 0 amide bonds. The van der Waals surface area contributed by atoms with E-state index in [0.717, 1.165) is 55.5 Å². The summed E-state index contributed by atoms with van der Waals surface area (Å²) in [6.45, 7) is 4.71. The average Bonchev–Trinajstić information content (AvgIpc) is 3.77. The van der Waals surface area contributed by atoms with E-state index < -0.39 is 0 Å². The van der Waals surface area contributed by atoms with Gasteiger partial charge in [-0.15, -0.1) is 0 Å². The summed E-state index contributed by atoms with van der Waals surface area (Å²) in [6.07, 6.45) is 0. The fourth-order valence-electron chi connectivity index (χ4n) is 9.23. The molecule has 0 aliphatic heterocycles. The maximum absolute atomic E-state index is 6.77. The minimum atomic E-state index is -0.130. The van der Waals surface area contributed by atoms with Crippen molar-refractivity contribution in [2.45, 2.75) is 19.3 Å². The molecular formula is C55H39NO. The first-order valence-electron chi connectivity index (χ1n) is 19.8. The molecular weight excluding hydrogens is 691 g/mol. The van der Waals surface area contributed by atoms with Crippen LogP contribution in [0.3, 0.4) is 0 Å². The van der Waals surface area contributed by atoms with Crippen molar-refractivity contribution in [2.24, 2.45) is 0 Å². The van der Waals surface area contributed by atoms with Gasteiger partial charge in [0.25, 0.3) is 0 Å². The van der Waals surface area contributed by atoms with Gasteiger partial charge in [-0.3, -0.25) is 0 Å². The molecule has 0 fully saturated rings. The number of furan rings is 1. The molecule has 0 unspecified atom stereocenters. The lowest BCUT2D eigenvalue weighted by molar-refractivity contribution is 0.660. The van der Waals surface area contributed by atoms with Crippen LogP contribution in [0, 0.1) is 0 Å². The van der Waals surface area contributed by atoms with Gasteiger partial charge in [-0.1, -0.05) is 172 Å². The van der Waals surface area contributed by atoms with Crippen LogP contribution in [0.25, 0.3) is 77.2 Å². The van der Waals surface area contributed by atoms with Crippen LogP contribution < -0.4 is 4.90 Å². The molecule has 11 rings (SSSR count). The van der Waals surface area contributed by atoms with Crippen molar-refractivity contribution in [3.05, 3.63) is 211 Å². The predicted molar refractivity (Wildman–Crippen MR) is 240 cm³/mol. The third-order valence-corrected chi connectivity index (χ3v) is 12.0. The minimum Gasteiger partial charge on any atom is -0.455 e. The predicted octanol–water partition coefficient (Wildman–Crippen LogP) is 15.5. The van der Waals surface area contributed by atoms with Crippen LogP contribution in [0.2, 0.25) is 0 Å². The lowest BCUT2D eigenvalue weighted by Crippen LogP contribution is -2.16. The van der Waals surface area contributed by atoms with Gasteiger partial charge in [0.05, 0.1) is 5.69 Å². The molecule has 0 bridgehead atoms. The number of benzene rings is 9. The number of hydrogen-bond acceptors (Lipinski definition) is 2. The van der Waals surface area contributed by atoms with Crippen molar-refractivity contribution >= 4 is 49.8 Å². The summed E-state index contributed by atoms with van der Waals surface area (Å²) in [6, 6.07) is 72.6. The molecule has 0 radical (unpaired) electrons. The largest absolute Gasteiger partial charge is 0.455 e. The van der Waals surface area contributed by atoms with E-state index in [0.29, 0.717) is 0 Å². The molecule has 2 heteroatoms. The topological polar surface area (TPSA) is 16.4 Å². The number of anilines is 3. The van der Waals surface area contributed by atoms with E-state index in [4.69, 9.17) is 4.42 Å². The van der Waals surface area contributed by atoms with Crippen LogP contribution in [0.5, 0.6) is 0 Å². The lowest BCUT2D eigenvalue weighted by atomic mass is 9.82. The number of nitrogens with zero attached hydrogens (tertiary/aromatic N) is 1. The Hall–Kier alpha value is -7.16. The highest BCUT2D eigenvalue weighted by Crippen LogP contribution is 2.54. The summed E-state index contributed by atoms with van der Waals surface area (Å²) in [4.78, 5) is 2.47. The first kappa shape index (κ1) is 33.2. The molecule has 0 saturated carbocycles. The van der Waals surface area contributed by atoms with E-state index in [9.17, 15) is 0 Å². The van der Waals surface area contributed by atoms with Crippen molar-refractivity contribution in [2.75, 3.05) is 4.90 Å². The molecule has 57 heavy (non-hydrogen) atoms. The van der Waals surface area contributed by atoms with Crippen molar-refractivity contribution in [3.63, 3.8) is 0 Å². The van der Waals surface area contributed by atoms with Crippen molar-refractivity contribution in [1.29, 1.82) is 0 Å². The molecule has 0 spiro atoms. The Kier molecular flexibility index (Phi) is 7.55. The maximum Gasteiger partial charge on any atom is 0.143 e. The van der Waals surface area contributed by atoms with E-state index in [1.165, 1.54) is 49.9 Å². The van der Waals surface area contributed by atoms with Crippen molar-refractivity contribution < 1.29 is 4.42 Å². The summed E-state index contributed by atoms with van der Waals surface area (Å²) in [5.74, 6) is 0. The quantitative estimate of drug-likeness (QED) is 0.169. The van der Waals surface area contributed by atoms with E-state index in [1.807, 2.05) is 0 Å². The summed E-state index contributed by atoms with van der Waals surface area (Å²) >= 11 is 0. The summed E-state index contributed by atoms with van der Waals surface area (Å²) < 4.78 is 6.77. The Morgan fingerprint density at radius 2 is 0.982 bits per heavy atom. The second-order valence-electron chi connectivity index (χ2n) is 15.7. The van der Waals surface area contributed by atoms with Crippen LogP contribution >= 0.6 is 0 Å². The van der Waals surface area contributed by atoms with Crippen LogP contribution in [0.4, 0.5) is 17.1 Å². The molecule has 1 heterocycles. The van der Waals surface area contributed by atoms with Gasteiger partial charge in [-0.05, 0) is 92.4 Å². The first-order valence-corrected chi connectivity index (χ1v) is 19.8. The highest BCUT2D eigenvalue weighted by atomic mass is 16.3. The summed E-state index contributed by atoms with van der Waals surface area (Å²) in [7, 11) is 0. The van der Waals surface area contributed by atoms with Crippen molar-refractivity contribution in [3.8, 4) is 44.5 Å². The molecule has 9 aromatic carbocycles. The standard InChI is InChI=1S/C55H39NO/c1-55(2)49-24-12-11-21-48(49)52-50(55)25-14-26-51(52)56(43-34-40(36-15-5-3-6-16-36)33-41(35-43)37-17-7-4-8-18-37)42-30-27-39(28-31-42)45-22-13-23-46-47-32-29-38-19-9-10-20-44(38)54(47)57-53(45)46/h3-35H,1-2H3. The van der Waals surface area contributed by atoms with Gasteiger partial charge in [-0.25, -0.2) is 0 Å².